The Labute approximate surface area is 187 Å². The Kier molecular flexibility index (Phi) is 7.02. The highest BCUT2D eigenvalue weighted by Gasteiger charge is 2.16. The number of hydrogen-bond donors (Lipinski definition) is 1. The maximum atomic E-state index is 11.9. The molecule has 0 saturated heterocycles. The molecule has 0 atom stereocenters. The van der Waals surface area contributed by atoms with Crippen LogP contribution in [0.15, 0.2) is 42.6 Å². The Balaban J connectivity index is 1.76. The molecule has 8 nitrogen and oxygen atoms in total. The number of nitrogens with zero attached hydrogens (tertiary/aromatic N) is 2. The number of carbonyl (C=O) groups is 2. The van der Waals surface area contributed by atoms with E-state index >= 15 is 0 Å². The molecule has 3 rings (SSSR count). The lowest BCUT2D eigenvalue weighted by Crippen LogP contribution is -2.32. The van der Waals surface area contributed by atoms with E-state index in [4.69, 9.17) is 14.2 Å². The van der Waals surface area contributed by atoms with Crippen LogP contribution in [0.25, 0.3) is 10.9 Å². The zero-order valence-corrected chi connectivity index (χ0v) is 19.1. The summed E-state index contributed by atoms with van der Waals surface area (Å²) in [6.07, 6.45) is 1.34. The first-order valence-electron chi connectivity index (χ1n) is 10.5. The summed E-state index contributed by atoms with van der Waals surface area (Å²) >= 11 is 0. The van der Waals surface area contributed by atoms with Crippen molar-refractivity contribution in [2.24, 2.45) is 0 Å². The lowest BCUT2D eigenvalue weighted by molar-refractivity contribution is -0.143. The van der Waals surface area contributed by atoms with E-state index in [-0.39, 0.29) is 19.1 Å². The number of aromatic nitrogens is 2. The molecule has 0 spiro atoms. The van der Waals surface area contributed by atoms with Gasteiger partial charge in [0.15, 0.2) is 0 Å². The summed E-state index contributed by atoms with van der Waals surface area (Å²) in [6.45, 7) is 9.85. The van der Waals surface area contributed by atoms with Crippen LogP contribution in [0, 0.1) is 6.92 Å². The van der Waals surface area contributed by atoms with E-state index in [9.17, 15) is 9.59 Å². The average Bonchev–Trinajstić information content (AvgIpc) is 3.09. The summed E-state index contributed by atoms with van der Waals surface area (Å²) in [5, 5.41) is 3.60. The molecule has 2 heterocycles. The van der Waals surface area contributed by atoms with E-state index in [0.29, 0.717) is 18.2 Å². The molecule has 0 fully saturated rings. The molecule has 0 aliphatic carbocycles. The Bertz CT molecular complexity index is 1110. The van der Waals surface area contributed by atoms with Gasteiger partial charge in [0.05, 0.1) is 12.1 Å². The van der Waals surface area contributed by atoms with Gasteiger partial charge < -0.3 is 24.1 Å². The molecule has 32 heavy (non-hydrogen) atoms. The number of nitrogens with one attached hydrogen (secondary N) is 1. The van der Waals surface area contributed by atoms with Gasteiger partial charge in [0.25, 0.3) is 0 Å². The molecule has 0 radical (unpaired) electrons. The van der Waals surface area contributed by atoms with E-state index in [1.807, 2.05) is 68.8 Å². The van der Waals surface area contributed by atoms with Crippen molar-refractivity contribution in [2.45, 2.75) is 53.3 Å². The monoisotopic (exact) mass is 439 g/mol. The van der Waals surface area contributed by atoms with E-state index in [1.54, 1.807) is 13.0 Å². The SMILES string of the molecule is CCOC(=O)Cn1ccc2c(Oc3cc(CNC(=O)OC(C)(C)C)cc(C)n3)cccc21. The van der Waals surface area contributed by atoms with Gasteiger partial charge in [0, 0.05) is 29.9 Å². The smallest absolute Gasteiger partial charge is 0.407 e. The Morgan fingerprint density at radius 1 is 1.16 bits per heavy atom. The standard InChI is InChI=1S/C24H29N3O5/c1-6-30-22(28)15-27-11-10-18-19(27)8-7-9-20(18)31-21-13-17(12-16(2)26-21)14-25-23(29)32-24(3,4)5/h7-13H,6,14-15H2,1-5H3,(H,25,29). The molecule has 3 aromatic rings. The largest absolute Gasteiger partial charge is 0.465 e. The van der Waals surface area contributed by atoms with Gasteiger partial charge in [-0.3, -0.25) is 4.79 Å². The minimum atomic E-state index is -0.561. The molecule has 0 unspecified atom stereocenters. The van der Waals surface area contributed by atoms with Gasteiger partial charge in [-0.2, -0.15) is 0 Å². The van der Waals surface area contributed by atoms with Crippen LogP contribution in [0.4, 0.5) is 4.79 Å². The second-order valence-electron chi connectivity index (χ2n) is 8.35. The molecule has 0 saturated carbocycles. The summed E-state index contributed by atoms with van der Waals surface area (Å²) < 4.78 is 18.2. The van der Waals surface area contributed by atoms with Crippen LogP contribution in [0.1, 0.15) is 39.0 Å². The van der Waals surface area contributed by atoms with Gasteiger partial charge in [0.2, 0.25) is 5.88 Å². The number of carbonyl (C=O) groups excluding carboxylic acids is 2. The second kappa shape index (κ2) is 9.72. The summed E-state index contributed by atoms with van der Waals surface area (Å²) in [5.41, 5.74) is 1.89. The van der Waals surface area contributed by atoms with Crippen molar-refractivity contribution in [3.63, 3.8) is 0 Å². The zero-order chi connectivity index (χ0) is 23.3. The molecule has 2 aromatic heterocycles. The number of ether oxygens (including phenoxy) is 3. The van der Waals surface area contributed by atoms with Crippen LogP contribution in [-0.4, -0.2) is 33.8 Å². The van der Waals surface area contributed by atoms with Crippen LogP contribution in [0.2, 0.25) is 0 Å². The lowest BCUT2D eigenvalue weighted by Gasteiger charge is -2.19. The number of aryl methyl sites for hydroxylation is 1. The van der Waals surface area contributed by atoms with Gasteiger partial charge in [-0.25, -0.2) is 9.78 Å². The van der Waals surface area contributed by atoms with Crippen LogP contribution in [-0.2, 0) is 27.4 Å². The number of benzene rings is 1. The van der Waals surface area contributed by atoms with Crippen LogP contribution in [0.5, 0.6) is 11.6 Å². The Morgan fingerprint density at radius 3 is 2.66 bits per heavy atom. The number of rotatable bonds is 7. The maximum Gasteiger partial charge on any atom is 0.407 e. The number of amides is 1. The second-order valence-corrected chi connectivity index (χ2v) is 8.35. The molecule has 0 bridgehead atoms. The first kappa shape index (κ1) is 23.1. The van der Waals surface area contributed by atoms with Gasteiger partial charge in [-0.1, -0.05) is 6.07 Å². The van der Waals surface area contributed by atoms with Crippen molar-refractivity contribution in [3.05, 3.63) is 53.9 Å². The Hall–Kier alpha value is -3.55. The fourth-order valence-corrected chi connectivity index (χ4v) is 3.23. The van der Waals surface area contributed by atoms with E-state index in [0.717, 1.165) is 22.2 Å². The van der Waals surface area contributed by atoms with E-state index < -0.39 is 11.7 Å². The van der Waals surface area contributed by atoms with Gasteiger partial charge >= 0.3 is 12.1 Å². The molecule has 8 heteroatoms. The molecule has 0 aliphatic heterocycles. The molecule has 170 valence electrons. The van der Waals surface area contributed by atoms with Crippen molar-refractivity contribution in [1.82, 2.24) is 14.9 Å². The molecule has 1 N–H and O–H groups in total. The molecular weight excluding hydrogens is 410 g/mol. The molecule has 0 aliphatic rings. The van der Waals surface area contributed by atoms with Gasteiger partial charge in [-0.15, -0.1) is 0 Å². The maximum absolute atomic E-state index is 11.9. The van der Waals surface area contributed by atoms with Crippen LogP contribution in [0.3, 0.4) is 0 Å². The minimum Gasteiger partial charge on any atom is -0.465 e. The summed E-state index contributed by atoms with van der Waals surface area (Å²) in [5.74, 6) is 0.740. The third-order valence-corrected chi connectivity index (χ3v) is 4.42. The first-order chi connectivity index (χ1) is 15.1. The predicted octanol–water partition coefficient (Wildman–Crippen LogP) is 4.72. The van der Waals surface area contributed by atoms with Crippen LogP contribution >= 0.6 is 0 Å². The highest BCUT2D eigenvalue weighted by atomic mass is 16.6. The highest BCUT2D eigenvalue weighted by Crippen LogP contribution is 2.30. The van der Waals surface area contributed by atoms with Crippen molar-refractivity contribution < 1.29 is 23.8 Å². The molecular formula is C24H29N3O5. The predicted molar refractivity (Wildman–Crippen MR) is 121 cm³/mol. The first-order valence-corrected chi connectivity index (χ1v) is 10.5. The van der Waals surface area contributed by atoms with Gasteiger partial charge in [-0.05, 0) is 64.4 Å². The van der Waals surface area contributed by atoms with Crippen molar-refractivity contribution in [1.29, 1.82) is 0 Å². The summed E-state index contributed by atoms with van der Waals surface area (Å²) in [6, 6.07) is 11.2. The number of hydrogen-bond acceptors (Lipinski definition) is 6. The number of pyridine rings is 1. The van der Waals surface area contributed by atoms with E-state index in [1.165, 1.54) is 0 Å². The minimum absolute atomic E-state index is 0.129. The zero-order valence-electron chi connectivity index (χ0n) is 19.1. The highest BCUT2D eigenvalue weighted by molar-refractivity contribution is 5.87. The summed E-state index contributed by atoms with van der Waals surface area (Å²) in [7, 11) is 0. The normalized spacial score (nSPS) is 11.3. The fourth-order valence-electron chi connectivity index (χ4n) is 3.23. The fraction of sp³-hybridized carbons (Fsp3) is 0.375. The van der Waals surface area contributed by atoms with E-state index in [2.05, 4.69) is 10.3 Å². The topological polar surface area (TPSA) is 91.7 Å². The summed E-state index contributed by atoms with van der Waals surface area (Å²) in [4.78, 5) is 28.3. The van der Waals surface area contributed by atoms with Crippen molar-refractivity contribution in [2.75, 3.05) is 6.61 Å². The number of fused-ring (bicyclic) bond motifs is 1. The van der Waals surface area contributed by atoms with Crippen molar-refractivity contribution in [3.8, 4) is 11.6 Å². The quantitative estimate of drug-likeness (QED) is 0.536. The van der Waals surface area contributed by atoms with Crippen molar-refractivity contribution >= 4 is 23.0 Å². The average molecular weight is 440 g/mol. The number of alkyl carbamates (subject to hydrolysis) is 1. The molecule has 1 aromatic carbocycles. The third-order valence-electron chi connectivity index (χ3n) is 4.42. The number of esters is 1. The van der Waals surface area contributed by atoms with Crippen LogP contribution < -0.4 is 10.1 Å². The Morgan fingerprint density at radius 2 is 1.94 bits per heavy atom. The third kappa shape index (κ3) is 6.23. The molecule has 1 amide bonds. The lowest BCUT2D eigenvalue weighted by atomic mass is 10.2. The van der Waals surface area contributed by atoms with Gasteiger partial charge in [0.1, 0.15) is 17.9 Å².